The molecule has 66 valence electrons. The SMILES string of the molecule is Nc1ccc(-n2cc(Cl)cn2)cn1. The maximum absolute atomic E-state index is 5.71. The molecule has 0 fully saturated rings. The number of nitrogens with two attached hydrogens (primary N) is 1. The molecular weight excluding hydrogens is 188 g/mol. The Hall–Kier alpha value is -1.55. The zero-order valence-electron chi connectivity index (χ0n) is 6.68. The topological polar surface area (TPSA) is 56.7 Å². The Balaban J connectivity index is 2.41. The molecule has 0 saturated heterocycles. The van der Waals surface area contributed by atoms with Crippen molar-refractivity contribution in [2.75, 3.05) is 5.73 Å². The average molecular weight is 195 g/mol. The van der Waals surface area contributed by atoms with Gasteiger partial charge in [-0.1, -0.05) is 11.6 Å². The summed E-state index contributed by atoms with van der Waals surface area (Å²) in [5.74, 6) is 0.488. The van der Waals surface area contributed by atoms with E-state index in [0.717, 1.165) is 5.69 Å². The van der Waals surface area contributed by atoms with Gasteiger partial charge < -0.3 is 5.73 Å². The lowest BCUT2D eigenvalue weighted by Crippen LogP contribution is -1.96. The predicted octanol–water partition coefficient (Wildman–Crippen LogP) is 1.50. The number of hydrogen-bond acceptors (Lipinski definition) is 3. The Kier molecular flexibility index (Phi) is 1.90. The summed E-state index contributed by atoms with van der Waals surface area (Å²) in [7, 11) is 0. The minimum atomic E-state index is 0.488. The van der Waals surface area contributed by atoms with Gasteiger partial charge in [0.25, 0.3) is 0 Å². The van der Waals surface area contributed by atoms with E-state index in [1.807, 2.05) is 6.07 Å². The van der Waals surface area contributed by atoms with E-state index in [1.54, 1.807) is 29.3 Å². The standard InChI is InChI=1S/C8H7ClN4/c9-6-3-12-13(5-6)7-1-2-8(10)11-4-7/h1-5H,(H2,10,11). The van der Waals surface area contributed by atoms with Crippen LogP contribution in [0.5, 0.6) is 0 Å². The number of nitrogens with zero attached hydrogens (tertiary/aromatic N) is 3. The Bertz CT molecular complexity index is 406. The normalized spacial score (nSPS) is 10.2. The van der Waals surface area contributed by atoms with Crippen LogP contribution in [0.2, 0.25) is 5.02 Å². The smallest absolute Gasteiger partial charge is 0.123 e. The predicted molar refractivity (Wildman–Crippen MR) is 50.8 cm³/mol. The van der Waals surface area contributed by atoms with Gasteiger partial charge in [0, 0.05) is 6.20 Å². The van der Waals surface area contributed by atoms with Gasteiger partial charge in [-0.25, -0.2) is 9.67 Å². The van der Waals surface area contributed by atoms with Gasteiger partial charge >= 0.3 is 0 Å². The van der Waals surface area contributed by atoms with Crippen LogP contribution in [0.1, 0.15) is 0 Å². The van der Waals surface area contributed by atoms with Crippen molar-refractivity contribution in [2.24, 2.45) is 0 Å². The van der Waals surface area contributed by atoms with Gasteiger partial charge in [0.1, 0.15) is 5.82 Å². The molecule has 0 aliphatic rings. The summed E-state index contributed by atoms with van der Waals surface area (Å²) in [6.45, 7) is 0. The molecule has 2 N–H and O–H groups in total. The van der Waals surface area contributed by atoms with E-state index in [4.69, 9.17) is 17.3 Å². The van der Waals surface area contributed by atoms with Gasteiger partial charge in [0.15, 0.2) is 0 Å². The van der Waals surface area contributed by atoms with Crippen LogP contribution in [0.3, 0.4) is 0 Å². The summed E-state index contributed by atoms with van der Waals surface area (Å²) in [4.78, 5) is 3.94. The molecule has 2 aromatic rings. The van der Waals surface area contributed by atoms with Crippen LogP contribution >= 0.6 is 11.6 Å². The quantitative estimate of drug-likeness (QED) is 0.749. The summed E-state index contributed by atoms with van der Waals surface area (Å²) < 4.78 is 1.63. The van der Waals surface area contributed by atoms with Crippen molar-refractivity contribution in [3.63, 3.8) is 0 Å². The maximum Gasteiger partial charge on any atom is 0.123 e. The van der Waals surface area contributed by atoms with Crippen molar-refractivity contribution >= 4 is 17.4 Å². The lowest BCUT2D eigenvalue weighted by Gasteiger charge is -1.99. The van der Waals surface area contributed by atoms with E-state index in [9.17, 15) is 0 Å². The summed E-state index contributed by atoms with van der Waals surface area (Å²) in [5, 5.41) is 4.61. The van der Waals surface area contributed by atoms with Crippen molar-refractivity contribution in [1.29, 1.82) is 0 Å². The van der Waals surface area contributed by atoms with E-state index in [2.05, 4.69) is 10.1 Å². The molecule has 2 aromatic heterocycles. The van der Waals surface area contributed by atoms with Gasteiger partial charge in [-0.3, -0.25) is 0 Å². The third-order valence-electron chi connectivity index (χ3n) is 1.59. The van der Waals surface area contributed by atoms with E-state index in [0.29, 0.717) is 10.8 Å². The van der Waals surface area contributed by atoms with Crippen LogP contribution in [0, 0.1) is 0 Å². The third-order valence-corrected chi connectivity index (χ3v) is 1.78. The van der Waals surface area contributed by atoms with E-state index in [-0.39, 0.29) is 0 Å². The molecule has 0 unspecified atom stereocenters. The highest BCUT2D eigenvalue weighted by Crippen LogP contribution is 2.11. The van der Waals surface area contributed by atoms with Crippen LogP contribution in [-0.2, 0) is 0 Å². The first kappa shape index (κ1) is 8.07. The van der Waals surface area contributed by atoms with Crippen molar-refractivity contribution in [2.45, 2.75) is 0 Å². The van der Waals surface area contributed by atoms with Crippen LogP contribution < -0.4 is 5.73 Å². The number of anilines is 1. The molecule has 0 aromatic carbocycles. The van der Waals surface area contributed by atoms with E-state index in [1.165, 1.54) is 0 Å². The Morgan fingerprint density at radius 1 is 1.31 bits per heavy atom. The number of aromatic nitrogens is 3. The molecule has 5 heteroatoms. The van der Waals surface area contributed by atoms with Crippen molar-refractivity contribution in [3.8, 4) is 5.69 Å². The lowest BCUT2D eigenvalue weighted by molar-refractivity contribution is 0.874. The molecule has 13 heavy (non-hydrogen) atoms. The monoisotopic (exact) mass is 194 g/mol. The fourth-order valence-corrected chi connectivity index (χ4v) is 1.11. The van der Waals surface area contributed by atoms with Crippen molar-refractivity contribution in [1.82, 2.24) is 14.8 Å². The highest BCUT2D eigenvalue weighted by Gasteiger charge is 1.98. The average Bonchev–Trinajstić information content (AvgIpc) is 2.53. The first-order valence-electron chi connectivity index (χ1n) is 3.68. The molecular formula is C8H7ClN4. The molecule has 0 atom stereocenters. The largest absolute Gasteiger partial charge is 0.384 e. The highest BCUT2D eigenvalue weighted by molar-refractivity contribution is 6.30. The van der Waals surface area contributed by atoms with Crippen LogP contribution in [0.4, 0.5) is 5.82 Å². The molecule has 4 nitrogen and oxygen atoms in total. The summed E-state index contributed by atoms with van der Waals surface area (Å²) in [5.41, 5.74) is 6.28. The van der Waals surface area contributed by atoms with E-state index < -0.39 is 0 Å². The van der Waals surface area contributed by atoms with Gasteiger partial charge in [-0.05, 0) is 12.1 Å². The van der Waals surface area contributed by atoms with Crippen molar-refractivity contribution in [3.05, 3.63) is 35.7 Å². The van der Waals surface area contributed by atoms with Gasteiger partial charge in [0.05, 0.1) is 23.1 Å². The molecule has 0 bridgehead atoms. The van der Waals surface area contributed by atoms with Crippen LogP contribution in [0.15, 0.2) is 30.7 Å². The minimum absolute atomic E-state index is 0.488. The number of pyridine rings is 1. The lowest BCUT2D eigenvalue weighted by atomic mass is 10.4. The molecule has 2 heterocycles. The number of nitrogen functional groups attached to an aromatic ring is 1. The molecule has 0 spiro atoms. The van der Waals surface area contributed by atoms with Crippen LogP contribution in [0.25, 0.3) is 5.69 Å². The Morgan fingerprint density at radius 3 is 2.69 bits per heavy atom. The van der Waals surface area contributed by atoms with Gasteiger partial charge in [0.2, 0.25) is 0 Å². The Morgan fingerprint density at radius 2 is 2.15 bits per heavy atom. The fourth-order valence-electron chi connectivity index (χ4n) is 0.975. The zero-order chi connectivity index (χ0) is 9.26. The molecule has 0 amide bonds. The molecule has 2 rings (SSSR count). The Labute approximate surface area is 80.0 Å². The number of halogens is 1. The molecule has 0 aliphatic heterocycles. The van der Waals surface area contributed by atoms with Crippen LogP contribution in [-0.4, -0.2) is 14.8 Å². The summed E-state index contributed by atoms with van der Waals surface area (Å²) in [6.07, 6.45) is 4.91. The second-order valence-electron chi connectivity index (χ2n) is 2.54. The number of hydrogen-bond donors (Lipinski definition) is 1. The second kappa shape index (κ2) is 3.06. The summed E-state index contributed by atoms with van der Waals surface area (Å²) in [6, 6.07) is 3.54. The van der Waals surface area contributed by atoms with Gasteiger partial charge in [-0.15, -0.1) is 0 Å². The molecule has 0 radical (unpaired) electrons. The number of rotatable bonds is 1. The maximum atomic E-state index is 5.71. The second-order valence-corrected chi connectivity index (χ2v) is 2.98. The fraction of sp³-hybridized carbons (Fsp3) is 0. The first-order chi connectivity index (χ1) is 6.25. The summed E-state index contributed by atoms with van der Waals surface area (Å²) >= 11 is 5.71. The molecule has 0 aliphatic carbocycles. The molecule has 0 saturated carbocycles. The first-order valence-corrected chi connectivity index (χ1v) is 4.05. The minimum Gasteiger partial charge on any atom is -0.384 e. The highest BCUT2D eigenvalue weighted by atomic mass is 35.5. The van der Waals surface area contributed by atoms with Gasteiger partial charge in [-0.2, -0.15) is 5.10 Å². The van der Waals surface area contributed by atoms with E-state index >= 15 is 0 Å². The zero-order valence-corrected chi connectivity index (χ0v) is 7.44. The van der Waals surface area contributed by atoms with Crippen molar-refractivity contribution < 1.29 is 0 Å². The third kappa shape index (κ3) is 1.62.